The van der Waals surface area contributed by atoms with Gasteiger partial charge in [-0.25, -0.2) is 4.90 Å². The van der Waals surface area contributed by atoms with Crippen molar-refractivity contribution < 1.29 is 27.6 Å². The molecule has 0 aliphatic heterocycles. The second kappa shape index (κ2) is 7.26. The molecule has 2 rings (SSSR count). The van der Waals surface area contributed by atoms with Crippen LogP contribution in [0.25, 0.3) is 0 Å². The summed E-state index contributed by atoms with van der Waals surface area (Å²) in [6, 6.07) is 9.51. The Morgan fingerprint density at radius 2 is 1.69 bits per heavy atom. The van der Waals surface area contributed by atoms with Crippen LogP contribution in [0, 0.1) is 0 Å². The molecule has 0 heterocycles. The van der Waals surface area contributed by atoms with E-state index in [2.05, 4.69) is 5.32 Å². The van der Waals surface area contributed by atoms with Crippen LogP contribution >= 0.6 is 0 Å². The summed E-state index contributed by atoms with van der Waals surface area (Å²) in [5, 5.41) is 2.06. The standard InChI is InChI=1S/C17H14F3N3O3/c1-10(24)23(14-7-3-5-12(21)9-14)16(26)15(25)22-13-6-2-4-11(8-13)17(18,19)20/h2-9H,21H2,1H3,(H,22,25). The van der Waals surface area contributed by atoms with Crippen molar-refractivity contribution in [1.29, 1.82) is 0 Å². The van der Waals surface area contributed by atoms with Gasteiger partial charge in [-0.05, 0) is 36.4 Å². The SMILES string of the molecule is CC(=O)N(C(=O)C(=O)Nc1cccc(C(F)(F)F)c1)c1cccc(N)c1. The van der Waals surface area contributed by atoms with Crippen LogP contribution in [-0.4, -0.2) is 17.7 Å². The highest BCUT2D eigenvalue weighted by Crippen LogP contribution is 2.30. The number of hydrogen-bond acceptors (Lipinski definition) is 4. The third-order valence-corrected chi connectivity index (χ3v) is 3.29. The van der Waals surface area contributed by atoms with Crippen LogP contribution in [0.4, 0.5) is 30.2 Å². The molecule has 3 N–H and O–H groups in total. The molecule has 2 aromatic rings. The van der Waals surface area contributed by atoms with Crippen LogP contribution in [0.2, 0.25) is 0 Å². The molecule has 0 bridgehead atoms. The third kappa shape index (κ3) is 4.38. The molecule has 0 radical (unpaired) electrons. The summed E-state index contributed by atoms with van der Waals surface area (Å²) in [4.78, 5) is 36.8. The van der Waals surface area contributed by atoms with E-state index in [-0.39, 0.29) is 17.1 Å². The first kappa shape index (κ1) is 19.0. The molecular formula is C17H14F3N3O3. The number of imide groups is 1. The zero-order valence-electron chi connectivity index (χ0n) is 13.5. The van der Waals surface area contributed by atoms with Crippen LogP contribution in [0.15, 0.2) is 48.5 Å². The van der Waals surface area contributed by atoms with E-state index in [1.807, 2.05) is 0 Å². The van der Waals surface area contributed by atoms with Gasteiger partial charge in [-0.2, -0.15) is 13.2 Å². The molecule has 26 heavy (non-hydrogen) atoms. The van der Waals surface area contributed by atoms with Gasteiger partial charge in [-0.3, -0.25) is 14.4 Å². The summed E-state index contributed by atoms with van der Waals surface area (Å²) in [5.41, 5.74) is 4.72. The summed E-state index contributed by atoms with van der Waals surface area (Å²) in [7, 11) is 0. The third-order valence-electron chi connectivity index (χ3n) is 3.29. The van der Waals surface area contributed by atoms with Gasteiger partial charge in [0.1, 0.15) is 0 Å². The van der Waals surface area contributed by atoms with Crippen LogP contribution in [-0.2, 0) is 20.6 Å². The molecule has 0 fully saturated rings. The summed E-state index contributed by atoms with van der Waals surface area (Å²) in [5.74, 6) is -3.26. The number of nitrogen functional groups attached to an aromatic ring is 1. The van der Waals surface area contributed by atoms with E-state index in [4.69, 9.17) is 5.73 Å². The van der Waals surface area contributed by atoms with Gasteiger partial charge in [0.15, 0.2) is 0 Å². The molecule has 0 atom stereocenters. The monoisotopic (exact) mass is 365 g/mol. The Labute approximate surface area is 146 Å². The Bertz CT molecular complexity index is 866. The van der Waals surface area contributed by atoms with Crippen molar-refractivity contribution >= 4 is 34.8 Å². The lowest BCUT2D eigenvalue weighted by Crippen LogP contribution is -2.42. The normalized spacial score (nSPS) is 10.9. The maximum atomic E-state index is 12.7. The van der Waals surface area contributed by atoms with E-state index in [0.29, 0.717) is 11.0 Å². The minimum atomic E-state index is -4.60. The number of anilines is 3. The van der Waals surface area contributed by atoms with Gasteiger partial charge in [-0.15, -0.1) is 0 Å². The molecule has 0 unspecified atom stereocenters. The van der Waals surface area contributed by atoms with E-state index < -0.39 is 29.5 Å². The number of nitrogens with two attached hydrogens (primary N) is 1. The fourth-order valence-corrected chi connectivity index (χ4v) is 2.17. The molecule has 0 spiro atoms. The second-order valence-corrected chi connectivity index (χ2v) is 5.29. The molecule has 0 aliphatic rings. The van der Waals surface area contributed by atoms with Gasteiger partial charge in [0.2, 0.25) is 5.91 Å². The number of amides is 3. The summed E-state index contributed by atoms with van der Waals surface area (Å²) < 4.78 is 38.1. The van der Waals surface area contributed by atoms with Gasteiger partial charge < -0.3 is 11.1 Å². The van der Waals surface area contributed by atoms with Gasteiger partial charge >= 0.3 is 18.0 Å². The minimum Gasteiger partial charge on any atom is -0.399 e. The number of hydrogen-bond donors (Lipinski definition) is 2. The van der Waals surface area contributed by atoms with Crippen molar-refractivity contribution in [2.75, 3.05) is 16.0 Å². The number of carbonyl (C=O) groups excluding carboxylic acids is 3. The van der Waals surface area contributed by atoms with E-state index in [0.717, 1.165) is 19.1 Å². The highest BCUT2D eigenvalue weighted by molar-refractivity contribution is 6.48. The molecular weight excluding hydrogens is 351 g/mol. The second-order valence-electron chi connectivity index (χ2n) is 5.29. The smallest absolute Gasteiger partial charge is 0.399 e. The summed E-state index contributed by atoms with van der Waals surface area (Å²) in [6.07, 6.45) is -4.60. The Morgan fingerprint density at radius 3 is 2.27 bits per heavy atom. The number of alkyl halides is 3. The molecule has 0 aliphatic carbocycles. The number of nitrogens with one attached hydrogen (secondary N) is 1. The number of carbonyl (C=O) groups is 3. The van der Waals surface area contributed by atoms with Crippen molar-refractivity contribution in [3.63, 3.8) is 0 Å². The zero-order chi connectivity index (χ0) is 19.5. The molecule has 0 aromatic heterocycles. The molecule has 3 amide bonds. The largest absolute Gasteiger partial charge is 0.416 e. The highest BCUT2D eigenvalue weighted by Gasteiger charge is 2.31. The maximum absolute atomic E-state index is 12.7. The molecule has 9 heteroatoms. The first-order valence-electron chi connectivity index (χ1n) is 7.28. The van der Waals surface area contributed by atoms with E-state index in [1.165, 1.54) is 30.3 Å². The molecule has 6 nitrogen and oxygen atoms in total. The molecule has 0 saturated heterocycles. The number of halogens is 3. The summed E-state index contributed by atoms with van der Waals surface area (Å²) >= 11 is 0. The fourth-order valence-electron chi connectivity index (χ4n) is 2.17. The lowest BCUT2D eigenvalue weighted by atomic mass is 10.2. The maximum Gasteiger partial charge on any atom is 0.416 e. The Kier molecular flexibility index (Phi) is 5.30. The van der Waals surface area contributed by atoms with Crippen molar-refractivity contribution in [3.05, 3.63) is 54.1 Å². The fraction of sp³-hybridized carbons (Fsp3) is 0.118. The van der Waals surface area contributed by atoms with Crippen molar-refractivity contribution in [3.8, 4) is 0 Å². The topological polar surface area (TPSA) is 92.5 Å². The van der Waals surface area contributed by atoms with E-state index >= 15 is 0 Å². The predicted octanol–water partition coefficient (Wildman–Crippen LogP) is 2.81. The van der Waals surface area contributed by atoms with E-state index in [1.54, 1.807) is 0 Å². The number of rotatable bonds is 2. The van der Waals surface area contributed by atoms with Crippen LogP contribution in [0.1, 0.15) is 12.5 Å². The first-order chi connectivity index (χ1) is 12.1. The minimum absolute atomic E-state index is 0.0710. The van der Waals surface area contributed by atoms with E-state index in [9.17, 15) is 27.6 Å². The average molecular weight is 365 g/mol. The number of nitrogens with zero attached hydrogens (tertiary/aromatic N) is 1. The Morgan fingerprint density at radius 1 is 1.04 bits per heavy atom. The average Bonchev–Trinajstić information content (AvgIpc) is 2.54. The van der Waals surface area contributed by atoms with Crippen molar-refractivity contribution in [2.24, 2.45) is 0 Å². The van der Waals surface area contributed by atoms with Crippen LogP contribution < -0.4 is 16.0 Å². The van der Waals surface area contributed by atoms with Crippen molar-refractivity contribution in [1.82, 2.24) is 0 Å². The Hall–Kier alpha value is -3.36. The predicted molar refractivity (Wildman–Crippen MR) is 89.1 cm³/mol. The first-order valence-corrected chi connectivity index (χ1v) is 7.28. The van der Waals surface area contributed by atoms with Gasteiger partial charge in [-0.1, -0.05) is 12.1 Å². The van der Waals surface area contributed by atoms with Gasteiger partial charge in [0.05, 0.1) is 11.3 Å². The van der Waals surface area contributed by atoms with Crippen LogP contribution in [0.3, 0.4) is 0 Å². The van der Waals surface area contributed by atoms with Gasteiger partial charge in [0.25, 0.3) is 0 Å². The number of benzene rings is 2. The summed E-state index contributed by atoms with van der Waals surface area (Å²) in [6.45, 7) is 1.07. The molecule has 0 saturated carbocycles. The molecule has 2 aromatic carbocycles. The molecule has 136 valence electrons. The Balaban J connectivity index is 2.25. The highest BCUT2D eigenvalue weighted by atomic mass is 19.4. The van der Waals surface area contributed by atoms with Gasteiger partial charge in [0, 0.05) is 18.3 Å². The van der Waals surface area contributed by atoms with Crippen LogP contribution in [0.5, 0.6) is 0 Å². The zero-order valence-corrected chi connectivity index (χ0v) is 13.5. The lowest BCUT2D eigenvalue weighted by Gasteiger charge is -2.19. The quantitative estimate of drug-likeness (QED) is 0.632. The van der Waals surface area contributed by atoms with Crippen molar-refractivity contribution in [2.45, 2.75) is 13.1 Å². The lowest BCUT2D eigenvalue weighted by molar-refractivity contribution is -0.137.